The number of carbonyl (C=O) groups excluding carboxylic acids is 1. The molecule has 0 N–H and O–H groups in total. The fraction of sp³-hybridized carbons (Fsp3) is 0.733. The van der Waals surface area contributed by atoms with Crippen LogP contribution in [-0.2, 0) is 24.8 Å². The van der Waals surface area contributed by atoms with Gasteiger partial charge < -0.3 is 9.90 Å². The van der Waals surface area contributed by atoms with Crippen molar-refractivity contribution in [3.05, 3.63) is 18.2 Å². The monoisotopic (exact) mass is 266 g/mol. The van der Waals surface area contributed by atoms with Crippen LogP contribution in [-0.4, -0.2) is 10.5 Å². The summed E-state index contributed by atoms with van der Waals surface area (Å²) in [6.45, 7) is 2.18. The third kappa shape index (κ3) is 5.90. The molecule has 0 saturated carbocycles. The second-order valence-electron chi connectivity index (χ2n) is 5.20. The van der Waals surface area contributed by atoms with E-state index in [1.807, 2.05) is 24.0 Å². The van der Waals surface area contributed by atoms with Gasteiger partial charge in [-0.3, -0.25) is 0 Å². The van der Waals surface area contributed by atoms with Gasteiger partial charge in [0.25, 0.3) is 5.82 Å². The molecule has 1 rings (SSSR count). The maximum Gasteiger partial charge on any atom is 0.256 e. The first kappa shape index (κ1) is 15.7. The third-order valence-corrected chi connectivity index (χ3v) is 3.51. The molecule has 0 spiro atoms. The normalized spacial score (nSPS) is 10.8. The van der Waals surface area contributed by atoms with Gasteiger partial charge in [0.2, 0.25) is 0 Å². The fourth-order valence-corrected chi connectivity index (χ4v) is 2.40. The van der Waals surface area contributed by atoms with Crippen molar-refractivity contribution in [1.82, 2.24) is 4.57 Å². The van der Waals surface area contributed by atoms with E-state index in [1.165, 1.54) is 38.5 Å². The number of rotatable bonds is 10. The van der Waals surface area contributed by atoms with Crippen LogP contribution in [0.4, 0.5) is 0 Å². The smallest absolute Gasteiger partial charge is 0.256 e. The Hall–Kier alpha value is -1.32. The molecule has 108 valence electrons. The van der Waals surface area contributed by atoms with Crippen LogP contribution in [0.3, 0.4) is 0 Å². The molecule has 0 amide bonds. The Morgan fingerprint density at radius 3 is 2.47 bits per heavy atom. The highest BCUT2D eigenvalue weighted by Gasteiger charge is 2.13. The minimum Gasteiger partial charge on any atom is -0.546 e. The lowest BCUT2D eigenvalue weighted by Gasteiger charge is -2.04. The van der Waals surface area contributed by atoms with Crippen molar-refractivity contribution in [2.24, 2.45) is 7.05 Å². The predicted molar refractivity (Wildman–Crippen MR) is 72.3 cm³/mol. The number of hydrogen-bond donors (Lipinski definition) is 0. The van der Waals surface area contributed by atoms with E-state index in [0.29, 0.717) is 0 Å². The van der Waals surface area contributed by atoms with Crippen LogP contribution in [0.1, 0.15) is 57.7 Å². The number of carboxylic acids is 1. The molecular formula is C15H26N2O2. The van der Waals surface area contributed by atoms with E-state index in [1.54, 1.807) is 4.57 Å². The molecule has 1 aromatic rings. The molecule has 0 unspecified atom stereocenters. The minimum atomic E-state index is -1.03. The van der Waals surface area contributed by atoms with Crippen molar-refractivity contribution < 1.29 is 14.5 Å². The van der Waals surface area contributed by atoms with Crippen LogP contribution in [0.2, 0.25) is 0 Å². The van der Waals surface area contributed by atoms with E-state index in [0.717, 1.165) is 18.7 Å². The van der Waals surface area contributed by atoms with Gasteiger partial charge in [0.1, 0.15) is 18.9 Å². The highest BCUT2D eigenvalue weighted by molar-refractivity contribution is 5.64. The maximum atomic E-state index is 10.7. The van der Waals surface area contributed by atoms with Gasteiger partial charge in [-0.05, 0) is 6.42 Å². The van der Waals surface area contributed by atoms with E-state index >= 15 is 0 Å². The van der Waals surface area contributed by atoms with Crippen LogP contribution in [0.25, 0.3) is 0 Å². The zero-order chi connectivity index (χ0) is 14.1. The van der Waals surface area contributed by atoms with E-state index in [2.05, 4.69) is 6.92 Å². The highest BCUT2D eigenvalue weighted by Crippen LogP contribution is 2.09. The van der Waals surface area contributed by atoms with Crippen LogP contribution in [0.5, 0.6) is 0 Å². The summed E-state index contributed by atoms with van der Waals surface area (Å²) in [6.07, 6.45) is 13.6. The van der Waals surface area contributed by atoms with E-state index in [4.69, 9.17) is 0 Å². The average Bonchev–Trinajstić information content (AvgIpc) is 2.69. The van der Waals surface area contributed by atoms with Crippen LogP contribution < -0.4 is 9.67 Å². The zero-order valence-corrected chi connectivity index (χ0v) is 12.2. The lowest BCUT2D eigenvalue weighted by molar-refractivity contribution is -0.678. The number of aromatic nitrogens is 2. The van der Waals surface area contributed by atoms with Crippen molar-refractivity contribution in [2.45, 2.75) is 64.8 Å². The lowest BCUT2D eigenvalue weighted by atomic mass is 10.1. The van der Waals surface area contributed by atoms with Gasteiger partial charge in [-0.2, -0.15) is 0 Å². The van der Waals surface area contributed by atoms with Gasteiger partial charge in [0.05, 0.1) is 13.0 Å². The average molecular weight is 266 g/mol. The molecule has 19 heavy (non-hydrogen) atoms. The van der Waals surface area contributed by atoms with Crippen LogP contribution in [0, 0.1) is 0 Å². The Morgan fingerprint density at radius 1 is 1.21 bits per heavy atom. The zero-order valence-electron chi connectivity index (χ0n) is 12.2. The summed E-state index contributed by atoms with van der Waals surface area (Å²) in [5, 5.41) is 10.7. The number of aryl methyl sites for hydroxylation is 1. The first-order valence-electron chi connectivity index (χ1n) is 7.38. The Labute approximate surface area is 116 Å². The number of hydrogen-bond acceptors (Lipinski definition) is 2. The standard InChI is InChI=1S/C15H26N2O2/c1-3-4-5-6-7-8-9-10-14-16(2)11-12-17(14)13-15(18)19/h11-12H,3-10,13H2,1-2H3. The van der Waals surface area contributed by atoms with Gasteiger partial charge >= 0.3 is 0 Å². The number of aliphatic carboxylic acids is 1. The first-order valence-corrected chi connectivity index (χ1v) is 7.38. The van der Waals surface area contributed by atoms with Crippen molar-refractivity contribution in [2.75, 3.05) is 0 Å². The second kappa shape index (κ2) is 8.73. The molecule has 0 bridgehead atoms. The molecule has 0 atom stereocenters. The first-order chi connectivity index (χ1) is 9.15. The Kier molecular flexibility index (Phi) is 7.23. The molecule has 0 aliphatic heterocycles. The van der Waals surface area contributed by atoms with Crippen molar-refractivity contribution >= 4 is 5.97 Å². The maximum absolute atomic E-state index is 10.7. The Balaban J connectivity index is 2.28. The summed E-state index contributed by atoms with van der Waals surface area (Å²) in [7, 11) is 1.96. The van der Waals surface area contributed by atoms with E-state index in [-0.39, 0.29) is 6.54 Å². The Bertz CT molecular complexity index is 385. The van der Waals surface area contributed by atoms with Gasteiger partial charge in [0.15, 0.2) is 0 Å². The molecule has 0 saturated heterocycles. The second-order valence-corrected chi connectivity index (χ2v) is 5.20. The van der Waals surface area contributed by atoms with Gasteiger partial charge in [0, 0.05) is 6.42 Å². The summed E-state index contributed by atoms with van der Waals surface area (Å²) in [5.74, 6) is 0.0368. The van der Waals surface area contributed by atoms with Crippen molar-refractivity contribution in [3.8, 4) is 0 Å². The summed E-state index contributed by atoms with van der Waals surface area (Å²) in [5.41, 5.74) is 0. The van der Waals surface area contributed by atoms with Crippen LogP contribution in [0.15, 0.2) is 12.4 Å². The lowest BCUT2D eigenvalue weighted by Crippen LogP contribution is -2.34. The quantitative estimate of drug-likeness (QED) is 0.474. The van der Waals surface area contributed by atoms with Gasteiger partial charge in [-0.15, -0.1) is 0 Å². The molecule has 1 aromatic heterocycles. The number of carboxylic acid groups (broad SMARTS) is 1. The Morgan fingerprint density at radius 2 is 1.84 bits per heavy atom. The SMILES string of the molecule is CCCCCCCCCc1n(CC(=O)[O-])cc[n+]1C. The molecule has 0 aliphatic carbocycles. The van der Waals surface area contributed by atoms with E-state index < -0.39 is 5.97 Å². The highest BCUT2D eigenvalue weighted by atomic mass is 16.4. The molecule has 4 heteroatoms. The summed E-state index contributed by atoms with van der Waals surface area (Å²) in [6, 6.07) is 0. The number of imidazole rings is 1. The molecule has 0 aromatic carbocycles. The minimum absolute atomic E-state index is 0.0489. The number of unbranched alkanes of at least 4 members (excludes halogenated alkanes) is 6. The largest absolute Gasteiger partial charge is 0.546 e. The predicted octanol–water partition coefficient (Wildman–Crippen LogP) is 1.36. The molecular weight excluding hydrogens is 240 g/mol. The number of nitrogens with zero attached hydrogens (tertiary/aromatic N) is 2. The van der Waals surface area contributed by atoms with Crippen LogP contribution >= 0.6 is 0 Å². The summed E-state index contributed by atoms with van der Waals surface area (Å²) < 4.78 is 3.77. The van der Waals surface area contributed by atoms with E-state index in [9.17, 15) is 9.90 Å². The van der Waals surface area contributed by atoms with Gasteiger partial charge in [-0.25, -0.2) is 9.13 Å². The summed E-state index contributed by atoms with van der Waals surface area (Å²) >= 11 is 0. The molecule has 0 fully saturated rings. The molecule has 4 nitrogen and oxygen atoms in total. The summed E-state index contributed by atoms with van der Waals surface area (Å²) in [4.78, 5) is 10.7. The molecule has 0 aliphatic rings. The molecule has 1 heterocycles. The van der Waals surface area contributed by atoms with Gasteiger partial charge in [-0.1, -0.05) is 45.4 Å². The third-order valence-electron chi connectivity index (χ3n) is 3.51. The van der Waals surface area contributed by atoms with Crippen molar-refractivity contribution in [3.63, 3.8) is 0 Å². The molecule has 0 radical (unpaired) electrons. The fourth-order valence-electron chi connectivity index (χ4n) is 2.40. The number of carbonyl (C=O) groups is 1. The topological polar surface area (TPSA) is 48.9 Å². The van der Waals surface area contributed by atoms with Crippen molar-refractivity contribution in [1.29, 1.82) is 0 Å².